The molecule has 0 radical (unpaired) electrons. The lowest BCUT2D eigenvalue weighted by Crippen LogP contribution is -2.47. The first-order chi connectivity index (χ1) is 9.63. The van der Waals surface area contributed by atoms with Crippen LogP contribution in [0.1, 0.15) is 5.69 Å². The smallest absolute Gasteiger partial charge is 0.254 e. The average Bonchev–Trinajstić information content (AvgIpc) is 2.85. The summed E-state index contributed by atoms with van der Waals surface area (Å²) >= 11 is 0. The Balaban J connectivity index is 1.88. The summed E-state index contributed by atoms with van der Waals surface area (Å²) in [5, 5.41) is 4.27. The predicted octanol–water partition coefficient (Wildman–Crippen LogP) is 0.200. The molecule has 3 rings (SSSR count). The fourth-order valence-corrected chi connectivity index (χ4v) is 2.58. The van der Waals surface area contributed by atoms with Crippen molar-refractivity contribution in [3.63, 3.8) is 0 Å². The standard InChI is InChI=1S/C13H20N6O/c1-10-6-12(19-13(16-10)14-9-15-19)18-4-5-20-11(8-18)7-17(2)3/h6,9,11H,4-5,7-8H2,1-3H3. The fraction of sp³-hybridized carbons (Fsp3) is 0.615. The number of fused-ring (bicyclic) bond motifs is 1. The lowest BCUT2D eigenvalue weighted by Gasteiger charge is -2.35. The second kappa shape index (κ2) is 5.34. The summed E-state index contributed by atoms with van der Waals surface area (Å²) in [6.45, 7) is 5.35. The van der Waals surface area contributed by atoms with Crippen LogP contribution in [0.15, 0.2) is 12.4 Å². The topological polar surface area (TPSA) is 58.8 Å². The van der Waals surface area contributed by atoms with Gasteiger partial charge in [-0.05, 0) is 21.0 Å². The van der Waals surface area contributed by atoms with Gasteiger partial charge in [0.15, 0.2) is 0 Å². The Morgan fingerprint density at radius 2 is 2.30 bits per heavy atom. The highest BCUT2D eigenvalue weighted by molar-refractivity contribution is 5.47. The highest BCUT2D eigenvalue weighted by Crippen LogP contribution is 2.19. The van der Waals surface area contributed by atoms with Gasteiger partial charge >= 0.3 is 0 Å². The molecule has 1 aliphatic rings. The van der Waals surface area contributed by atoms with Gasteiger partial charge in [-0.1, -0.05) is 0 Å². The van der Waals surface area contributed by atoms with Crippen molar-refractivity contribution in [1.29, 1.82) is 0 Å². The Bertz CT molecular complexity index is 596. The first-order valence-electron chi connectivity index (χ1n) is 6.82. The number of nitrogens with zero attached hydrogens (tertiary/aromatic N) is 6. The number of aryl methyl sites for hydroxylation is 1. The molecule has 2 aromatic heterocycles. The van der Waals surface area contributed by atoms with Gasteiger partial charge in [-0.15, -0.1) is 0 Å². The van der Waals surface area contributed by atoms with Gasteiger partial charge in [0, 0.05) is 31.4 Å². The highest BCUT2D eigenvalue weighted by atomic mass is 16.5. The van der Waals surface area contributed by atoms with Crippen LogP contribution >= 0.6 is 0 Å². The quantitative estimate of drug-likeness (QED) is 0.798. The van der Waals surface area contributed by atoms with Crippen molar-refractivity contribution in [3.05, 3.63) is 18.1 Å². The van der Waals surface area contributed by atoms with Gasteiger partial charge in [0.05, 0.1) is 12.7 Å². The van der Waals surface area contributed by atoms with Crippen LogP contribution in [0.4, 0.5) is 5.82 Å². The zero-order valence-corrected chi connectivity index (χ0v) is 12.2. The van der Waals surface area contributed by atoms with Crippen LogP contribution in [0, 0.1) is 6.92 Å². The summed E-state index contributed by atoms with van der Waals surface area (Å²) in [7, 11) is 4.13. The van der Waals surface area contributed by atoms with Crippen molar-refractivity contribution in [3.8, 4) is 0 Å². The molecule has 3 heterocycles. The Kier molecular flexibility index (Phi) is 3.54. The van der Waals surface area contributed by atoms with E-state index in [0.29, 0.717) is 5.78 Å². The van der Waals surface area contributed by atoms with Gasteiger partial charge in [-0.2, -0.15) is 14.6 Å². The SMILES string of the molecule is Cc1cc(N2CCOC(CN(C)C)C2)n2ncnc2n1. The molecule has 0 bridgehead atoms. The zero-order chi connectivity index (χ0) is 14.1. The Hall–Kier alpha value is -1.73. The maximum absolute atomic E-state index is 5.82. The molecule has 7 heteroatoms. The summed E-state index contributed by atoms with van der Waals surface area (Å²) in [5.41, 5.74) is 0.955. The molecule has 1 atom stereocenters. The molecule has 0 aliphatic carbocycles. The minimum absolute atomic E-state index is 0.214. The van der Waals surface area contributed by atoms with Crippen LogP contribution < -0.4 is 4.90 Å². The van der Waals surface area contributed by atoms with Crippen molar-refractivity contribution < 1.29 is 4.74 Å². The van der Waals surface area contributed by atoms with E-state index in [1.165, 1.54) is 0 Å². The summed E-state index contributed by atoms with van der Waals surface area (Å²) in [5.74, 6) is 1.69. The lowest BCUT2D eigenvalue weighted by molar-refractivity contribution is 0.0244. The van der Waals surface area contributed by atoms with E-state index in [2.05, 4.69) is 45.0 Å². The van der Waals surface area contributed by atoms with Crippen molar-refractivity contribution in [1.82, 2.24) is 24.5 Å². The molecule has 1 fully saturated rings. The summed E-state index contributed by atoms with van der Waals surface area (Å²) in [4.78, 5) is 13.0. The summed E-state index contributed by atoms with van der Waals surface area (Å²) in [6, 6.07) is 2.06. The normalized spacial score (nSPS) is 20.0. The zero-order valence-electron chi connectivity index (χ0n) is 12.2. The molecule has 0 N–H and O–H groups in total. The van der Waals surface area contributed by atoms with Gasteiger partial charge in [0.2, 0.25) is 0 Å². The van der Waals surface area contributed by atoms with Crippen LogP contribution in [0.5, 0.6) is 0 Å². The molecular formula is C13H20N6O. The number of likely N-dealkylation sites (N-methyl/N-ethyl adjacent to an activating group) is 1. The molecule has 0 aromatic carbocycles. The third kappa shape index (κ3) is 2.59. The van der Waals surface area contributed by atoms with Gasteiger partial charge < -0.3 is 14.5 Å². The average molecular weight is 276 g/mol. The molecule has 1 unspecified atom stereocenters. The number of aromatic nitrogens is 4. The van der Waals surface area contributed by atoms with Crippen molar-refractivity contribution in [2.45, 2.75) is 13.0 Å². The molecule has 0 saturated carbocycles. The fourth-order valence-electron chi connectivity index (χ4n) is 2.58. The van der Waals surface area contributed by atoms with E-state index >= 15 is 0 Å². The third-order valence-electron chi connectivity index (χ3n) is 3.39. The van der Waals surface area contributed by atoms with Crippen molar-refractivity contribution in [2.24, 2.45) is 0 Å². The largest absolute Gasteiger partial charge is 0.373 e. The minimum Gasteiger partial charge on any atom is -0.373 e. The number of rotatable bonds is 3. The highest BCUT2D eigenvalue weighted by Gasteiger charge is 2.23. The first kappa shape index (κ1) is 13.3. The van der Waals surface area contributed by atoms with E-state index in [-0.39, 0.29) is 6.10 Å². The molecule has 108 valence electrons. The molecule has 20 heavy (non-hydrogen) atoms. The number of ether oxygens (including phenoxy) is 1. The van der Waals surface area contributed by atoms with Crippen molar-refractivity contribution >= 4 is 11.6 Å². The predicted molar refractivity (Wildman–Crippen MR) is 76.0 cm³/mol. The number of hydrogen-bond acceptors (Lipinski definition) is 6. The van der Waals surface area contributed by atoms with E-state index < -0.39 is 0 Å². The Morgan fingerprint density at radius 1 is 1.45 bits per heavy atom. The van der Waals surface area contributed by atoms with Crippen LogP contribution in [-0.2, 0) is 4.74 Å². The van der Waals surface area contributed by atoms with Gasteiger partial charge in [0.1, 0.15) is 12.1 Å². The number of morpholine rings is 1. The van der Waals surface area contributed by atoms with E-state index in [4.69, 9.17) is 4.74 Å². The Morgan fingerprint density at radius 3 is 3.10 bits per heavy atom. The minimum atomic E-state index is 0.214. The molecule has 0 spiro atoms. The van der Waals surface area contributed by atoms with Crippen LogP contribution in [-0.4, -0.2) is 70.9 Å². The van der Waals surface area contributed by atoms with E-state index in [1.807, 2.05) is 6.92 Å². The number of hydrogen-bond donors (Lipinski definition) is 0. The molecule has 2 aromatic rings. The molecule has 7 nitrogen and oxygen atoms in total. The second-order valence-corrected chi connectivity index (χ2v) is 5.43. The van der Waals surface area contributed by atoms with Gasteiger partial charge in [-0.25, -0.2) is 4.98 Å². The molecule has 0 amide bonds. The van der Waals surface area contributed by atoms with Crippen LogP contribution in [0.3, 0.4) is 0 Å². The monoisotopic (exact) mass is 276 g/mol. The van der Waals surface area contributed by atoms with Crippen LogP contribution in [0.2, 0.25) is 0 Å². The maximum Gasteiger partial charge on any atom is 0.254 e. The van der Waals surface area contributed by atoms with Crippen molar-refractivity contribution in [2.75, 3.05) is 45.2 Å². The van der Waals surface area contributed by atoms with Gasteiger partial charge in [-0.3, -0.25) is 0 Å². The summed E-state index contributed by atoms with van der Waals surface area (Å²) < 4.78 is 7.62. The summed E-state index contributed by atoms with van der Waals surface area (Å²) in [6.07, 6.45) is 1.76. The van der Waals surface area contributed by atoms with E-state index in [9.17, 15) is 0 Å². The van der Waals surface area contributed by atoms with E-state index in [0.717, 1.165) is 37.8 Å². The van der Waals surface area contributed by atoms with E-state index in [1.54, 1.807) is 10.8 Å². The second-order valence-electron chi connectivity index (χ2n) is 5.43. The van der Waals surface area contributed by atoms with Gasteiger partial charge in [0.25, 0.3) is 5.78 Å². The lowest BCUT2D eigenvalue weighted by atomic mass is 10.2. The number of anilines is 1. The third-order valence-corrected chi connectivity index (χ3v) is 3.39. The molecule has 1 saturated heterocycles. The van der Waals surface area contributed by atoms with Crippen LogP contribution in [0.25, 0.3) is 5.78 Å². The maximum atomic E-state index is 5.82. The molecule has 1 aliphatic heterocycles. The molecular weight excluding hydrogens is 256 g/mol. The Labute approximate surface area is 118 Å². The first-order valence-corrected chi connectivity index (χ1v) is 6.82.